The summed E-state index contributed by atoms with van der Waals surface area (Å²) in [7, 11) is 2.98. The normalized spacial score (nSPS) is 9.20. The molecular weight excluding hydrogens is 66.0 g/mol. The molecule has 0 aromatic rings. The first-order chi connectivity index (χ1) is 2.41. The van der Waals surface area contributed by atoms with Gasteiger partial charge in [0.15, 0.2) is 7.11 Å². The molecule has 0 amide bonds. The van der Waals surface area contributed by atoms with Crippen molar-refractivity contribution in [3.63, 3.8) is 0 Å². The van der Waals surface area contributed by atoms with E-state index in [0.717, 1.165) is 0 Å². The van der Waals surface area contributed by atoms with Crippen molar-refractivity contribution in [2.24, 2.45) is 5.16 Å². The molecule has 0 spiro atoms. The molecule has 0 N–H and O–H groups in total. The molecule has 0 aliphatic carbocycles. The van der Waals surface area contributed by atoms with Gasteiger partial charge in [-0.2, -0.15) is 0 Å². The molecule has 0 saturated carbocycles. The minimum Gasteiger partial charge on any atom is -0.392 e. The summed E-state index contributed by atoms with van der Waals surface area (Å²) in [5.41, 5.74) is 0. The smallest absolute Gasteiger partial charge is 0.153 e. The van der Waals surface area contributed by atoms with Gasteiger partial charge in [-0.25, -0.2) is 0 Å². The van der Waals surface area contributed by atoms with Gasteiger partial charge in [-0.15, -0.1) is 0 Å². The number of hydrogen-bond acceptors (Lipinski definition) is 2. The maximum atomic E-state index is 4.01. The Kier molecular flexibility index (Phi) is 3.10. The molecule has 0 saturated heterocycles. The molecule has 2 nitrogen and oxygen atoms in total. The van der Waals surface area contributed by atoms with Crippen LogP contribution in [0.3, 0.4) is 0 Å². The van der Waals surface area contributed by atoms with Crippen molar-refractivity contribution in [3.05, 3.63) is 7.11 Å². The molecule has 0 aliphatic heterocycles. The van der Waals surface area contributed by atoms with Crippen molar-refractivity contribution >= 4 is 6.21 Å². The van der Waals surface area contributed by atoms with E-state index in [1.165, 1.54) is 6.21 Å². The van der Waals surface area contributed by atoms with Gasteiger partial charge in [0, 0.05) is 6.21 Å². The summed E-state index contributed by atoms with van der Waals surface area (Å²) in [6, 6.07) is 0. The fraction of sp³-hybridized carbons (Fsp3) is 0.333. The lowest BCUT2D eigenvalue weighted by atomic mass is 10.9. The summed E-state index contributed by atoms with van der Waals surface area (Å²) < 4.78 is 0. The lowest BCUT2D eigenvalue weighted by molar-refractivity contribution is 0.262. The van der Waals surface area contributed by atoms with E-state index in [1.54, 1.807) is 6.92 Å². The molecule has 0 aromatic carbocycles. The third-order valence-electron chi connectivity index (χ3n) is 0.180. The molecular formula is C3H6NO. The van der Waals surface area contributed by atoms with E-state index in [4.69, 9.17) is 0 Å². The van der Waals surface area contributed by atoms with Crippen molar-refractivity contribution in [1.82, 2.24) is 0 Å². The van der Waals surface area contributed by atoms with Gasteiger partial charge in [0.2, 0.25) is 0 Å². The highest BCUT2D eigenvalue weighted by Crippen LogP contribution is 1.60. The van der Waals surface area contributed by atoms with E-state index in [-0.39, 0.29) is 0 Å². The van der Waals surface area contributed by atoms with Crippen LogP contribution in [0.4, 0.5) is 0 Å². The summed E-state index contributed by atoms with van der Waals surface area (Å²) in [6.45, 7) is 1.76. The largest absolute Gasteiger partial charge is 0.392 e. The Morgan fingerprint density at radius 1 is 2.00 bits per heavy atom. The van der Waals surface area contributed by atoms with E-state index in [2.05, 4.69) is 17.1 Å². The van der Waals surface area contributed by atoms with Gasteiger partial charge >= 0.3 is 0 Å². The Balaban J connectivity index is 2.62. The van der Waals surface area contributed by atoms with Crippen LogP contribution in [0.15, 0.2) is 5.16 Å². The van der Waals surface area contributed by atoms with Crippen LogP contribution in [0.1, 0.15) is 6.92 Å². The second-order valence-electron chi connectivity index (χ2n) is 0.493. The first-order valence-electron chi connectivity index (χ1n) is 1.31. The molecule has 0 aliphatic rings. The SMILES string of the molecule is [CH2]O/N=C/C. The van der Waals surface area contributed by atoms with E-state index < -0.39 is 0 Å². The molecule has 0 fully saturated rings. The van der Waals surface area contributed by atoms with Gasteiger partial charge in [0.05, 0.1) is 0 Å². The van der Waals surface area contributed by atoms with Crippen molar-refractivity contribution < 1.29 is 4.84 Å². The Labute approximate surface area is 31.4 Å². The van der Waals surface area contributed by atoms with Gasteiger partial charge in [-0.05, 0) is 6.92 Å². The highest BCUT2D eigenvalue weighted by molar-refractivity contribution is 5.52. The second kappa shape index (κ2) is 3.47. The zero-order valence-electron chi connectivity index (χ0n) is 3.14. The average molecular weight is 72.1 g/mol. The Morgan fingerprint density at radius 3 is 2.60 bits per heavy atom. The number of nitrogens with zero attached hydrogens (tertiary/aromatic N) is 1. The van der Waals surface area contributed by atoms with E-state index >= 15 is 0 Å². The summed E-state index contributed by atoms with van der Waals surface area (Å²) in [4.78, 5) is 4.01. The lowest BCUT2D eigenvalue weighted by Gasteiger charge is -1.74. The summed E-state index contributed by atoms with van der Waals surface area (Å²) in [6.07, 6.45) is 1.52. The zero-order valence-corrected chi connectivity index (χ0v) is 3.14. The maximum Gasteiger partial charge on any atom is 0.153 e. The fourth-order valence-electron chi connectivity index (χ4n) is 0.0745. The van der Waals surface area contributed by atoms with Gasteiger partial charge in [0.25, 0.3) is 0 Å². The van der Waals surface area contributed by atoms with Crippen LogP contribution >= 0.6 is 0 Å². The highest BCUT2D eigenvalue weighted by Gasteiger charge is 1.47. The molecule has 0 atom stereocenters. The molecule has 0 bridgehead atoms. The van der Waals surface area contributed by atoms with Crippen LogP contribution in [-0.2, 0) is 4.84 Å². The van der Waals surface area contributed by atoms with Crippen LogP contribution in [0.5, 0.6) is 0 Å². The quantitative estimate of drug-likeness (QED) is 0.331. The van der Waals surface area contributed by atoms with E-state index in [0.29, 0.717) is 0 Å². The number of oxime groups is 1. The second-order valence-corrected chi connectivity index (χ2v) is 0.493. The Bertz CT molecular complexity index is 33.9. The van der Waals surface area contributed by atoms with Gasteiger partial charge in [0.1, 0.15) is 0 Å². The standard InChI is InChI=1S/C3H6NO/c1-3-4-5-2/h3H,2H2,1H3/b4-3+. The zero-order chi connectivity index (χ0) is 4.12. The molecule has 5 heavy (non-hydrogen) atoms. The maximum absolute atomic E-state index is 4.01. The third-order valence-corrected chi connectivity index (χ3v) is 0.180. The molecule has 29 valence electrons. The summed E-state index contributed by atoms with van der Waals surface area (Å²) >= 11 is 0. The molecule has 0 aromatic heterocycles. The van der Waals surface area contributed by atoms with Crippen LogP contribution in [-0.4, -0.2) is 6.21 Å². The van der Waals surface area contributed by atoms with Crippen LogP contribution in [0.25, 0.3) is 0 Å². The van der Waals surface area contributed by atoms with Gasteiger partial charge in [-0.3, -0.25) is 0 Å². The first kappa shape index (κ1) is 4.47. The highest BCUT2D eigenvalue weighted by atomic mass is 16.6. The molecule has 0 heterocycles. The van der Waals surface area contributed by atoms with Gasteiger partial charge < -0.3 is 4.84 Å². The van der Waals surface area contributed by atoms with Crippen molar-refractivity contribution in [2.45, 2.75) is 6.92 Å². The van der Waals surface area contributed by atoms with Crippen molar-refractivity contribution in [2.75, 3.05) is 0 Å². The monoisotopic (exact) mass is 72.0 g/mol. The topological polar surface area (TPSA) is 21.6 Å². The molecule has 2 heteroatoms. The predicted octanol–water partition coefficient (Wildman–Crippen LogP) is 0.800. The first-order valence-corrected chi connectivity index (χ1v) is 1.31. The average Bonchev–Trinajstić information content (AvgIpc) is 1.41. The molecule has 0 unspecified atom stereocenters. The number of rotatable bonds is 1. The lowest BCUT2D eigenvalue weighted by Crippen LogP contribution is -1.59. The summed E-state index contributed by atoms with van der Waals surface area (Å²) in [5.74, 6) is 0. The van der Waals surface area contributed by atoms with E-state index in [1.807, 2.05) is 0 Å². The van der Waals surface area contributed by atoms with Crippen molar-refractivity contribution in [3.8, 4) is 0 Å². The minimum absolute atomic E-state index is 1.52. The van der Waals surface area contributed by atoms with Crippen LogP contribution in [0, 0.1) is 7.11 Å². The Hall–Kier alpha value is -0.530. The van der Waals surface area contributed by atoms with Gasteiger partial charge in [-0.1, -0.05) is 5.16 Å². The Morgan fingerprint density at radius 2 is 2.60 bits per heavy atom. The van der Waals surface area contributed by atoms with Crippen molar-refractivity contribution in [1.29, 1.82) is 0 Å². The van der Waals surface area contributed by atoms with Crippen LogP contribution < -0.4 is 0 Å². The van der Waals surface area contributed by atoms with E-state index in [9.17, 15) is 0 Å². The number of hydrogen-bond donors (Lipinski definition) is 0. The minimum atomic E-state index is 1.52. The molecule has 1 radical (unpaired) electrons. The van der Waals surface area contributed by atoms with Crippen LogP contribution in [0.2, 0.25) is 0 Å². The third kappa shape index (κ3) is 3.47. The summed E-state index contributed by atoms with van der Waals surface area (Å²) in [5, 5.41) is 3.24. The predicted molar refractivity (Wildman–Crippen MR) is 20.6 cm³/mol. The molecule has 0 rings (SSSR count). The fourth-order valence-corrected chi connectivity index (χ4v) is 0.0745.